The average molecular weight is 303 g/mol. The molecule has 1 amide bonds. The minimum Gasteiger partial charge on any atom is -0.491 e. The number of halogens is 1. The second-order valence-corrected chi connectivity index (χ2v) is 4.83. The van der Waals surface area contributed by atoms with Gasteiger partial charge in [-0.15, -0.1) is 0 Å². The highest BCUT2D eigenvalue weighted by Crippen LogP contribution is 2.21. The Morgan fingerprint density at radius 1 is 1.23 bits per heavy atom. The summed E-state index contributed by atoms with van der Waals surface area (Å²) in [5.41, 5.74) is 0.965. The van der Waals surface area contributed by atoms with Gasteiger partial charge < -0.3 is 15.2 Å². The molecule has 116 valence electrons. The fraction of sp³-hybridized carbons (Fsp3) is 0.235. The van der Waals surface area contributed by atoms with E-state index in [2.05, 4.69) is 5.32 Å². The summed E-state index contributed by atoms with van der Waals surface area (Å²) in [4.78, 5) is 12.2. The summed E-state index contributed by atoms with van der Waals surface area (Å²) >= 11 is 0. The maximum absolute atomic E-state index is 13.7. The summed E-state index contributed by atoms with van der Waals surface area (Å²) in [5, 5.41) is 11.4. The molecule has 0 aliphatic rings. The zero-order valence-corrected chi connectivity index (χ0v) is 12.3. The minimum atomic E-state index is -0.591. The molecule has 0 bridgehead atoms. The van der Waals surface area contributed by atoms with Crippen molar-refractivity contribution in [3.63, 3.8) is 0 Å². The van der Waals surface area contributed by atoms with Crippen LogP contribution in [-0.4, -0.2) is 24.2 Å². The number of aliphatic hydroxyl groups excluding tert-OH is 1. The van der Waals surface area contributed by atoms with Gasteiger partial charge in [0.15, 0.2) is 0 Å². The van der Waals surface area contributed by atoms with E-state index in [4.69, 9.17) is 9.84 Å². The topological polar surface area (TPSA) is 58.6 Å². The highest BCUT2D eigenvalue weighted by atomic mass is 19.1. The van der Waals surface area contributed by atoms with Crippen LogP contribution in [0.25, 0.3) is 0 Å². The van der Waals surface area contributed by atoms with Gasteiger partial charge in [-0.25, -0.2) is 4.39 Å². The first-order chi connectivity index (χ1) is 10.6. The lowest BCUT2D eigenvalue weighted by Gasteiger charge is -2.13. The van der Waals surface area contributed by atoms with Gasteiger partial charge in [-0.2, -0.15) is 0 Å². The van der Waals surface area contributed by atoms with Crippen LogP contribution in [0, 0.1) is 5.82 Å². The number of hydrogen-bond acceptors (Lipinski definition) is 3. The quantitative estimate of drug-likeness (QED) is 0.862. The minimum absolute atomic E-state index is 0.0569. The Bertz CT molecular complexity index is 628. The lowest BCUT2D eigenvalue weighted by molar-refractivity contribution is -0.117. The van der Waals surface area contributed by atoms with Gasteiger partial charge in [0.2, 0.25) is 5.91 Å². The molecule has 2 N–H and O–H groups in total. The monoisotopic (exact) mass is 303 g/mol. The Balaban J connectivity index is 2.01. The highest BCUT2D eigenvalue weighted by molar-refractivity contribution is 5.95. The normalized spacial score (nSPS) is 11.8. The van der Waals surface area contributed by atoms with Crippen molar-refractivity contribution in [2.24, 2.45) is 0 Å². The zero-order chi connectivity index (χ0) is 15.9. The van der Waals surface area contributed by atoms with Gasteiger partial charge in [-0.05, 0) is 42.8 Å². The van der Waals surface area contributed by atoms with Crippen molar-refractivity contribution in [3.05, 3.63) is 59.9 Å². The van der Waals surface area contributed by atoms with Crippen LogP contribution in [0.15, 0.2) is 48.5 Å². The van der Waals surface area contributed by atoms with Crippen LogP contribution >= 0.6 is 0 Å². The summed E-state index contributed by atoms with van der Waals surface area (Å²) in [6.45, 7) is 1.82. The summed E-state index contributed by atoms with van der Waals surface area (Å²) in [7, 11) is 0. The van der Waals surface area contributed by atoms with Crippen LogP contribution in [0.2, 0.25) is 0 Å². The van der Waals surface area contributed by atoms with Crippen molar-refractivity contribution in [2.45, 2.75) is 12.8 Å². The first kappa shape index (κ1) is 16.0. The summed E-state index contributed by atoms with van der Waals surface area (Å²) in [6, 6.07) is 13.0. The molecule has 0 aliphatic heterocycles. The van der Waals surface area contributed by atoms with E-state index in [0.29, 0.717) is 17.0 Å². The van der Waals surface area contributed by atoms with Crippen molar-refractivity contribution >= 4 is 11.6 Å². The first-order valence-electron chi connectivity index (χ1n) is 7.01. The van der Waals surface area contributed by atoms with Crippen molar-refractivity contribution in [2.75, 3.05) is 18.5 Å². The number of carbonyl (C=O) groups excluding carboxylic acids is 1. The lowest BCUT2D eigenvalue weighted by atomic mass is 10.00. The molecule has 0 fully saturated rings. The smallest absolute Gasteiger partial charge is 0.231 e. The molecule has 0 radical (unpaired) electrons. The SMILES string of the molecule is CC(C(=O)Nc1ccc(OCCO)cc1)c1ccccc1F. The van der Waals surface area contributed by atoms with E-state index in [9.17, 15) is 9.18 Å². The molecule has 2 aromatic carbocycles. The second kappa shape index (κ2) is 7.56. The van der Waals surface area contributed by atoms with Gasteiger partial charge in [0, 0.05) is 5.69 Å². The maximum atomic E-state index is 13.7. The summed E-state index contributed by atoms with van der Waals surface area (Å²) in [5.74, 6) is -0.659. The van der Waals surface area contributed by atoms with Gasteiger partial charge >= 0.3 is 0 Å². The van der Waals surface area contributed by atoms with Crippen molar-refractivity contribution in [3.8, 4) is 5.75 Å². The molecule has 22 heavy (non-hydrogen) atoms. The third-order valence-corrected chi connectivity index (χ3v) is 3.25. The van der Waals surface area contributed by atoms with Gasteiger partial charge in [0.05, 0.1) is 12.5 Å². The molecule has 2 aromatic rings. The fourth-order valence-corrected chi connectivity index (χ4v) is 2.02. The number of aliphatic hydroxyl groups is 1. The third-order valence-electron chi connectivity index (χ3n) is 3.25. The second-order valence-electron chi connectivity index (χ2n) is 4.83. The number of benzene rings is 2. The van der Waals surface area contributed by atoms with E-state index < -0.39 is 11.7 Å². The van der Waals surface area contributed by atoms with Gasteiger partial charge in [-0.1, -0.05) is 18.2 Å². The maximum Gasteiger partial charge on any atom is 0.231 e. The van der Waals surface area contributed by atoms with E-state index in [-0.39, 0.29) is 19.1 Å². The van der Waals surface area contributed by atoms with Crippen molar-refractivity contribution in [1.29, 1.82) is 0 Å². The molecule has 0 heterocycles. The Kier molecular flexibility index (Phi) is 5.49. The van der Waals surface area contributed by atoms with Crippen LogP contribution in [-0.2, 0) is 4.79 Å². The number of amides is 1. The number of carbonyl (C=O) groups is 1. The molecule has 1 unspecified atom stereocenters. The number of ether oxygens (including phenoxy) is 1. The van der Waals surface area contributed by atoms with Gasteiger partial charge in [-0.3, -0.25) is 4.79 Å². The molecule has 4 nitrogen and oxygen atoms in total. The molecular formula is C17H18FNO3. The van der Waals surface area contributed by atoms with E-state index in [0.717, 1.165) is 0 Å². The van der Waals surface area contributed by atoms with Gasteiger partial charge in [0.25, 0.3) is 0 Å². The number of nitrogens with one attached hydrogen (secondary N) is 1. The van der Waals surface area contributed by atoms with Crippen molar-refractivity contribution in [1.82, 2.24) is 0 Å². The summed E-state index contributed by atoms with van der Waals surface area (Å²) in [6.07, 6.45) is 0. The standard InChI is InChI=1S/C17H18FNO3/c1-12(15-4-2-3-5-16(15)18)17(21)19-13-6-8-14(9-7-13)22-11-10-20/h2-9,12,20H,10-11H2,1H3,(H,19,21). The molecular weight excluding hydrogens is 285 g/mol. The van der Waals surface area contributed by atoms with E-state index in [1.807, 2.05) is 0 Å². The zero-order valence-electron chi connectivity index (χ0n) is 12.3. The van der Waals surface area contributed by atoms with Crippen LogP contribution in [0.5, 0.6) is 5.75 Å². The third kappa shape index (κ3) is 4.05. The van der Waals surface area contributed by atoms with Crippen LogP contribution in [0.4, 0.5) is 10.1 Å². The van der Waals surface area contributed by atoms with Crippen LogP contribution in [0.1, 0.15) is 18.4 Å². The van der Waals surface area contributed by atoms with E-state index in [1.165, 1.54) is 6.07 Å². The highest BCUT2D eigenvalue weighted by Gasteiger charge is 2.18. The predicted molar refractivity (Wildman–Crippen MR) is 82.5 cm³/mol. The van der Waals surface area contributed by atoms with E-state index in [1.54, 1.807) is 49.4 Å². The van der Waals surface area contributed by atoms with Crippen LogP contribution < -0.4 is 10.1 Å². The summed E-state index contributed by atoms with van der Waals surface area (Å²) < 4.78 is 18.9. The Morgan fingerprint density at radius 3 is 2.55 bits per heavy atom. The Hall–Kier alpha value is -2.40. The fourth-order valence-electron chi connectivity index (χ4n) is 2.02. The molecule has 0 aromatic heterocycles. The molecule has 0 spiro atoms. The van der Waals surface area contributed by atoms with Gasteiger partial charge in [0.1, 0.15) is 18.2 Å². The molecule has 0 saturated carbocycles. The molecule has 0 aliphatic carbocycles. The number of rotatable bonds is 6. The van der Waals surface area contributed by atoms with E-state index >= 15 is 0 Å². The number of anilines is 1. The predicted octanol–water partition coefficient (Wildman–Crippen LogP) is 2.94. The molecule has 5 heteroatoms. The molecule has 1 atom stereocenters. The van der Waals surface area contributed by atoms with Crippen LogP contribution in [0.3, 0.4) is 0 Å². The Morgan fingerprint density at radius 2 is 1.91 bits per heavy atom. The molecule has 2 rings (SSSR count). The first-order valence-corrected chi connectivity index (χ1v) is 7.01. The number of hydrogen-bond donors (Lipinski definition) is 2. The Labute approximate surface area is 128 Å². The molecule has 0 saturated heterocycles. The largest absolute Gasteiger partial charge is 0.491 e. The average Bonchev–Trinajstić information content (AvgIpc) is 2.54. The van der Waals surface area contributed by atoms with Crippen molar-refractivity contribution < 1.29 is 19.0 Å². The lowest BCUT2D eigenvalue weighted by Crippen LogP contribution is -2.19.